The quantitative estimate of drug-likeness (QED) is 0.781. The van der Waals surface area contributed by atoms with Crippen molar-refractivity contribution in [2.45, 2.75) is 57.6 Å². The minimum atomic E-state index is 0.221. The van der Waals surface area contributed by atoms with Gasteiger partial charge in [-0.1, -0.05) is 13.8 Å². The molecule has 0 aromatic carbocycles. The lowest BCUT2D eigenvalue weighted by molar-refractivity contribution is -0.107. The molecule has 2 rings (SSSR count). The van der Waals surface area contributed by atoms with Gasteiger partial charge in [-0.05, 0) is 76.2 Å². The van der Waals surface area contributed by atoms with Crippen molar-refractivity contribution in [2.24, 2.45) is 5.92 Å². The average Bonchev–Trinajstić information content (AvgIpc) is 2.52. The first-order chi connectivity index (χ1) is 10.2. The summed E-state index contributed by atoms with van der Waals surface area (Å²) in [6.45, 7) is 9.06. The number of rotatable bonds is 7. The number of nitrogens with zero attached hydrogens (tertiary/aromatic N) is 1. The van der Waals surface area contributed by atoms with Gasteiger partial charge in [0, 0.05) is 12.6 Å². The molecule has 0 aromatic rings. The van der Waals surface area contributed by atoms with Crippen LogP contribution >= 0.6 is 11.8 Å². The third kappa shape index (κ3) is 4.85. The SMILES string of the molecule is CCN(CC)CCC(NC)C1CCOC2(CCSCC2)C1. The largest absolute Gasteiger partial charge is 0.375 e. The monoisotopic (exact) mass is 314 g/mol. The number of ether oxygens (including phenoxy) is 1. The molecule has 1 N–H and O–H groups in total. The fraction of sp³-hybridized carbons (Fsp3) is 1.00. The zero-order chi connectivity index (χ0) is 15.1. The van der Waals surface area contributed by atoms with Gasteiger partial charge in [-0.25, -0.2) is 0 Å². The van der Waals surface area contributed by atoms with Crippen LogP contribution in [0.3, 0.4) is 0 Å². The zero-order valence-corrected chi connectivity index (χ0v) is 15.0. The highest BCUT2D eigenvalue weighted by Crippen LogP contribution is 2.41. The molecule has 0 aliphatic carbocycles. The Morgan fingerprint density at radius 2 is 2.00 bits per heavy atom. The Hall–Kier alpha value is 0.230. The number of nitrogens with one attached hydrogen (secondary N) is 1. The van der Waals surface area contributed by atoms with Gasteiger partial charge in [0.15, 0.2) is 0 Å². The maximum Gasteiger partial charge on any atom is 0.0701 e. The van der Waals surface area contributed by atoms with Crippen molar-refractivity contribution in [3.05, 3.63) is 0 Å². The van der Waals surface area contributed by atoms with Crippen molar-refractivity contribution in [1.29, 1.82) is 0 Å². The Morgan fingerprint density at radius 3 is 2.62 bits per heavy atom. The van der Waals surface area contributed by atoms with Crippen LogP contribution in [0.2, 0.25) is 0 Å². The van der Waals surface area contributed by atoms with Gasteiger partial charge in [-0.3, -0.25) is 0 Å². The van der Waals surface area contributed by atoms with Gasteiger partial charge in [0.05, 0.1) is 5.60 Å². The van der Waals surface area contributed by atoms with Gasteiger partial charge in [-0.15, -0.1) is 0 Å². The molecule has 1 spiro atoms. The van der Waals surface area contributed by atoms with Crippen molar-refractivity contribution in [1.82, 2.24) is 10.2 Å². The molecule has 0 radical (unpaired) electrons. The summed E-state index contributed by atoms with van der Waals surface area (Å²) in [7, 11) is 2.14. The molecule has 21 heavy (non-hydrogen) atoms. The summed E-state index contributed by atoms with van der Waals surface area (Å²) in [5.74, 6) is 3.37. The lowest BCUT2D eigenvalue weighted by Crippen LogP contribution is -2.48. The molecule has 2 unspecified atom stereocenters. The van der Waals surface area contributed by atoms with E-state index in [4.69, 9.17) is 4.74 Å². The van der Waals surface area contributed by atoms with E-state index < -0.39 is 0 Å². The topological polar surface area (TPSA) is 24.5 Å². The summed E-state index contributed by atoms with van der Waals surface area (Å²) >= 11 is 2.10. The molecule has 0 saturated carbocycles. The molecule has 124 valence electrons. The Balaban J connectivity index is 1.88. The second kappa shape index (κ2) is 8.76. The van der Waals surface area contributed by atoms with E-state index in [-0.39, 0.29) is 5.60 Å². The van der Waals surface area contributed by atoms with Gasteiger partial charge in [0.2, 0.25) is 0 Å². The predicted molar refractivity (Wildman–Crippen MR) is 93.2 cm³/mol. The van der Waals surface area contributed by atoms with Crippen LogP contribution in [0, 0.1) is 5.92 Å². The van der Waals surface area contributed by atoms with Crippen LogP contribution in [0.5, 0.6) is 0 Å². The highest BCUT2D eigenvalue weighted by Gasteiger charge is 2.40. The highest BCUT2D eigenvalue weighted by atomic mass is 32.2. The van der Waals surface area contributed by atoms with Crippen molar-refractivity contribution < 1.29 is 4.74 Å². The zero-order valence-electron chi connectivity index (χ0n) is 14.2. The average molecular weight is 315 g/mol. The van der Waals surface area contributed by atoms with E-state index in [1.807, 2.05) is 0 Å². The van der Waals surface area contributed by atoms with E-state index in [9.17, 15) is 0 Å². The highest BCUT2D eigenvalue weighted by molar-refractivity contribution is 7.99. The van der Waals surface area contributed by atoms with Crippen molar-refractivity contribution >= 4 is 11.8 Å². The van der Waals surface area contributed by atoms with E-state index in [1.54, 1.807) is 0 Å². The third-order valence-electron chi connectivity index (χ3n) is 5.53. The molecule has 3 nitrogen and oxygen atoms in total. The normalized spacial score (nSPS) is 27.1. The predicted octanol–water partition coefficient (Wildman–Crippen LogP) is 3.00. The molecule has 0 amide bonds. The van der Waals surface area contributed by atoms with E-state index in [2.05, 4.69) is 42.9 Å². The minimum absolute atomic E-state index is 0.221. The molecule has 2 saturated heterocycles. The van der Waals surface area contributed by atoms with Crippen molar-refractivity contribution in [2.75, 3.05) is 44.8 Å². The van der Waals surface area contributed by atoms with Gasteiger partial charge in [-0.2, -0.15) is 11.8 Å². The molecule has 2 atom stereocenters. The minimum Gasteiger partial charge on any atom is -0.375 e. The second-order valence-electron chi connectivity index (χ2n) is 6.61. The maximum absolute atomic E-state index is 6.25. The molecule has 2 heterocycles. The Bertz CT molecular complexity index is 285. The third-order valence-corrected chi connectivity index (χ3v) is 6.51. The van der Waals surface area contributed by atoms with E-state index in [0.29, 0.717) is 6.04 Å². The summed E-state index contributed by atoms with van der Waals surface area (Å²) in [6, 6.07) is 0.654. The molecule has 2 aliphatic heterocycles. The first-order valence-electron chi connectivity index (χ1n) is 8.84. The molecular weight excluding hydrogens is 280 g/mol. The van der Waals surface area contributed by atoms with E-state index in [0.717, 1.165) is 12.5 Å². The second-order valence-corrected chi connectivity index (χ2v) is 7.83. The van der Waals surface area contributed by atoms with Crippen LogP contribution in [0.25, 0.3) is 0 Å². The van der Waals surface area contributed by atoms with Crippen LogP contribution in [0.1, 0.15) is 46.0 Å². The smallest absolute Gasteiger partial charge is 0.0701 e. The lowest BCUT2D eigenvalue weighted by atomic mass is 9.78. The molecule has 2 aliphatic rings. The van der Waals surface area contributed by atoms with Gasteiger partial charge < -0.3 is 15.0 Å². The molecule has 2 fully saturated rings. The Labute approximate surface area is 135 Å². The summed E-state index contributed by atoms with van der Waals surface area (Å²) in [5.41, 5.74) is 0.221. The molecule has 4 heteroatoms. The van der Waals surface area contributed by atoms with Crippen LogP contribution < -0.4 is 5.32 Å². The van der Waals surface area contributed by atoms with Crippen molar-refractivity contribution in [3.63, 3.8) is 0 Å². The van der Waals surface area contributed by atoms with Crippen LogP contribution in [-0.2, 0) is 4.74 Å². The maximum atomic E-state index is 6.25. The summed E-state index contributed by atoms with van der Waals surface area (Å²) in [5, 5.41) is 3.61. The van der Waals surface area contributed by atoms with Gasteiger partial charge >= 0.3 is 0 Å². The molecule has 0 aromatic heterocycles. The molecule has 0 bridgehead atoms. The fourth-order valence-corrected chi connectivity index (χ4v) is 5.21. The first-order valence-corrected chi connectivity index (χ1v) is 10.00. The van der Waals surface area contributed by atoms with Crippen LogP contribution in [-0.4, -0.2) is 61.3 Å². The number of hydrogen-bond acceptors (Lipinski definition) is 4. The number of hydrogen-bond donors (Lipinski definition) is 1. The Kier molecular flexibility index (Phi) is 7.33. The summed E-state index contributed by atoms with van der Waals surface area (Å²) < 4.78 is 6.25. The summed E-state index contributed by atoms with van der Waals surface area (Å²) in [4.78, 5) is 2.54. The lowest BCUT2D eigenvalue weighted by Gasteiger charge is -2.45. The van der Waals surface area contributed by atoms with Crippen molar-refractivity contribution in [3.8, 4) is 0 Å². The van der Waals surface area contributed by atoms with Crippen LogP contribution in [0.4, 0.5) is 0 Å². The number of thioether (sulfide) groups is 1. The summed E-state index contributed by atoms with van der Waals surface area (Å²) in [6.07, 6.45) is 6.31. The first kappa shape index (κ1) is 17.6. The molecular formula is C17H34N2OS. The fourth-order valence-electron chi connectivity index (χ4n) is 3.98. The van der Waals surface area contributed by atoms with Gasteiger partial charge in [0.25, 0.3) is 0 Å². The van der Waals surface area contributed by atoms with Gasteiger partial charge in [0.1, 0.15) is 0 Å². The Morgan fingerprint density at radius 1 is 1.29 bits per heavy atom. The van der Waals surface area contributed by atoms with Crippen LogP contribution in [0.15, 0.2) is 0 Å². The van der Waals surface area contributed by atoms with E-state index in [1.165, 1.54) is 63.2 Å². The standard InChI is InChI=1S/C17H34N2OS/c1-4-19(5-2)10-6-16(18-3)15-7-11-20-17(14-15)8-12-21-13-9-17/h15-16,18H,4-14H2,1-3H3. The van der Waals surface area contributed by atoms with E-state index >= 15 is 0 Å².